The number of carbonyl (C=O) groups is 1. The molecule has 0 aliphatic heterocycles. The molecule has 5 nitrogen and oxygen atoms in total. The molecule has 2 rings (SSSR count). The third-order valence-electron chi connectivity index (χ3n) is 3.03. The minimum absolute atomic E-state index is 0.205. The highest BCUT2D eigenvalue weighted by atomic mass is 16.2. The van der Waals surface area contributed by atoms with Crippen LogP contribution in [-0.4, -0.2) is 23.6 Å². The van der Waals surface area contributed by atoms with Crippen LogP contribution in [0.3, 0.4) is 0 Å². The topological polar surface area (TPSA) is 80.0 Å². The second kappa shape index (κ2) is 6.76. The van der Waals surface area contributed by atoms with Crippen LogP contribution in [0.1, 0.15) is 31.2 Å². The van der Waals surface area contributed by atoms with Gasteiger partial charge in [0.15, 0.2) is 0 Å². The Balaban J connectivity index is 1.92. The third-order valence-corrected chi connectivity index (χ3v) is 3.03. The Bertz CT molecular complexity index is 498. The lowest BCUT2D eigenvalue weighted by atomic mass is 10.2. The fourth-order valence-electron chi connectivity index (χ4n) is 2.14. The molecule has 1 fully saturated rings. The normalized spacial score (nSPS) is 14.6. The molecule has 0 atom stereocenters. The largest absolute Gasteiger partial charge is 0.335 e. The number of hydrogen-bond acceptors (Lipinski definition) is 3. The van der Waals surface area contributed by atoms with Crippen molar-refractivity contribution < 1.29 is 4.79 Å². The molecular weight excluding hydrogens is 240 g/mol. The summed E-state index contributed by atoms with van der Waals surface area (Å²) in [4.78, 5) is 15.9. The molecule has 5 heteroatoms. The van der Waals surface area contributed by atoms with E-state index in [0.717, 1.165) is 18.4 Å². The van der Waals surface area contributed by atoms with Crippen molar-refractivity contribution in [3.05, 3.63) is 23.9 Å². The summed E-state index contributed by atoms with van der Waals surface area (Å²) >= 11 is 0. The minimum Gasteiger partial charge on any atom is -0.335 e. The van der Waals surface area contributed by atoms with Crippen molar-refractivity contribution >= 4 is 11.8 Å². The highest BCUT2D eigenvalue weighted by Gasteiger charge is 2.17. The van der Waals surface area contributed by atoms with E-state index >= 15 is 0 Å². The molecule has 0 saturated heterocycles. The predicted molar refractivity (Wildman–Crippen MR) is 74.6 cm³/mol. The Morgan fingerprint density at radius 1 is 1.47 bits per heavy atom. The van der Waals surface area contributed by atoms with Gasteiger partial charge in [0.05, 0.1) is 6.54 Å². The van der Waals surface area contributed by atoms with Gasteiger partial charge in [-0.3, -0.25) is 5.32 Å². The first-order chi connectivity index (χ1) is 9.28. The van der Waals surface area contributed by atoms with Crippen molar-refractivity contribution in [1.82, 2.24) is 10.3 Å². The second-order valence-corrected chi connectivity index (χ2v) is 4.52. The predicted octanol–water partition coefficient (Wildman–Crippen LogP) is 1.46. The van der Waals surface area contributed by atoms with E-state index in [0.29, 0.717) is 18.4 Å². The quantitative estimate of drug-likeness (QED) is 0.702. The van der Waals surface area contributed by atoms with Gasteiger partial charge in [0, 0.05) is 17.8 Å². The SMILES string of the molecule is NCC#Cc1ccnc(NC(=O)NC2CCCC2)c1. The van der Waals surface area contributed by atoms with E-state index < -0.39 is 0 Å². The maximum absolute atomic E-state index is 11.8. The third kappa shape index (κ3) is 4.27. The van der Waals surface area contributed by atoms with Crippen LogP contribution in [0, 0.1) is 11.8 Å². The number of rotatable bonds is 2. The monoisotopic (exact) mass is 258 g/mol. The fraction of sp³-hybridized carbons (Fsp3) is 0.429. The lowest BCUT2D eigenvalue weighted by molar-refractivity contribution is 0.248. The van der Waals surface area contributed by atoms with Gasteiger partial charge in [0.2, 0.25) is 0 Å². The molecule has 19 heavy (non-hydrogen) atoms. The van der Waals surface area contributed by atoms with Crippen molar-refractivity contribution in [3.8, 4) is 11.8 Å². The zero-order valence-electron chi connectivity index (χ0n) is 10.8. The van der Waals surface area contributed by atoms with E-state index in [4.69, 9.17) is 5.73 Å². The summed E-state index contributed by atoms with van der Waals surface area (Å²) in [6, 6.07) is 3.60. The molecule has 0 bridgehead atoms. The van der Waals surface area contributed by atoms with Crippen LogP contribution in [0.5, 0.6) is 0 Å². The average molecular weight is 258 g/mol. The summed E-state index contributed by atoms with van der Waals surface area (Å²) < 4.78 is 0. The summed E-state index contributed by atoms with van der Waals surface area (Å²) in [5.41, 5.74) is 6.11. The number of carbonyl (C=O) groups excluding carboxylic acids is 1. The Morgan fingerprint density at radius 3 is 3.00 bits per heavy atom. The fourth-order valence-corrected chi connectivity index (χ4v) is 2.14. The van der Waals surface area contributed by atoms with Crippen LogP contribution in [-0.2, 0) is 0 Å². The van der Waals surface area contributed by atoms with E-state index in [2.05, 4.69) is 27.5 Å². The standard InChI is InChI=1S/C14H18N4O/c15-8-3-4-11-7-9-16-13(10-11)18-14(19)17-12-5-1-2-6-12/h7,9-10,12H,1-2,5-6,8,15H2,(H2,16,17,18,19). The number of nitrogens with zero attached hydrogens (tertiary/aromatic N) is 1. The lowest BCUT2D eigenvalue weighted by Crippen LogP contribution is -2.36. The van der Waals surface area contributed by atoms with Gasteiger partial charge in [-0.15, -0.1) is 0 Å². The van der Waals surface area contributed by atoms with Gasteiger partial charge < -0.3 is 11.1 Å². The molecule has 1 aromatic heterocycles. The lowest BCUT2D eigenvalue weighted by Gasteiger charge is -2.12. The van der Waals surface area contributed by atoms with E-state index in [1.165, 1.54) is 12.8 Å². The molecule has 0 radical (unpaired) electrons. The summed E-state index contributed by atoms with van der Waals surface area (Å²) in [6.07, 6.45) is 6.11. The number of nitrogens with two attached hydrogens (primary N) is 1. The van der Waals surface area contributed by atoms with E-state index in [-0.39, 0.29) is 6.03 Å². The van der Waals surface area contributed by atoms with Crippen LogP contribution in [0.15, 0.2) is 18.3 Å². The van der Waals surface area contributed by atoms with Gasteiger partial charge in [0.1, 0.15) is 5.82 Å². The summed E-state index contributed by atoms with van der Waals surface area (Å²) in [5, 5.41) is 5.67. The highest BCUT2D eigenvalue weighted by molar-refractivity contribution is 5.88. The maximum atomic E-state index is 11.8. The Kier molecular flexibility index (Phi) is 4.76. The summed E-state index contributed by atoms with van der Waals surface area (Å²) in [5.74, 6) is 6.17. The first-order valence-corrected chi connectivity index (χ1v) is 6.50. The van der Waals surface area contributed by atoms with Gasteiger partial charge in [-0.1, -0.05) is 24.7 Å². The van der Waals surface area contributed by atoms with Gasteiger partial charge in [-0.25, -0.2) is 9.78 Å². The van der Waals surface area contributed by atoms with E-state index in [9.17, 15) is 4.79 Å². The highest BCUT2D eigenvalue weighted by Crippen LogP contribution is 2.17. The zero-order chi connectivity index (χ0) is 13.5. The second-order valence-electron chi connectivity index (χ2n) is 4.52. The van der Waals surface area contributed by atoms with Crippen molar-refractivity contribution in [2.75, 3.05) is 11.9 Å². The molecule has 2 amide bonds. The molecule has 0 unspecified atom stereocenters. The molecule has 0 aromatic carbocycles. The smallest absolute Gasteiger partial charge is 0.320 e. The molecule has 0 spiro atoms. The van der Waals surface area contributed by atoms with E-state index in [1.807, 2.05) is 0 Å². The van der Waals surface area contributed by atoms with Crippen molar-refractivity contribution in [3.63, 3.8) is 0 Å². The van der Waals surface area contributed by atoms with Crippen LogP contribution < -0.4 is 16.4 Å². The van der Waals surface area contributed by atoms with Crippen LogP contribution in [0.2, 0.25) is 0 Å². The first-order valence-electron chi connectivity index (χ1n) is 6.50. The molecule has 1 aliphatic carbocycles. The number of amides is 2. The molecule has 1 aromatic rings. The molecule has 4 N–H and O–H groups in total. The van der Waals surface area contributed by atoms with Gasteiger partial charge in [0.25, 0.3) is 0 Å². The van der Waals surface area contributed by atoms with Crippen LogP contribution >= 0.6 is 0 Å². The number of hydrogen-bond donors (Lipinski definition) is 3. The molecule has 1 heterocycles. The zero-order valence-corrected chi connectivity index (χ0v) is 10.8. The molecular formula is C14H18N4O. The molecule has 1 saturated carbocycles. The molecule has 1 aliphatic rings. The first kappa shape index (κ1) is 13.4. The number of nitrogens with one attached hydrogen (secondary N) is 2. The van der Waals surface area contributed by atoms with Gasteiger partial charge in [-0.2, -0.15) is 0 Å². The van der Waals surface area contributed by atoms with Crippen LogP contribution in [0.4, 0.5) is 10.6 Å². The van der Waals surface area contributed by atoms with Crippen molar-refractivity contribution in [1.29, 1.82) is 0 Å². The maximum Gasteiger partial charge on any atom is 0.320 e. The van der Waals surface area contributed by atoms with Gasteiger partial charge in [-0.05, 0) is 25.0 Å². The summed E-state index contributed by atoms with van der Waals surface area (Å²) in [6.45, 7) is 0.313. The summed E-state index contributed by atoms with van der Waals surface area (Å²) in [7, 11) is 0. The Morgan fingerprint density at radius 2 is 2.26 bits per heavy atom. The van der Waals surface area contributed by atoms with Gasteiger partial charge >= 0.3 is 6.03 Å². The minimum atomic E-state index is -0.205. The number of urea groups is 1. The molecule has 100 valence electrons. The van der Waals surface area contributed by atoms with Crippen molar-refractivity contribution in [2.24, 2.45) is 5.73 Å². The van der Waals surface area contributed by atoms with E-state index in [1.54, 1.807) is 18.3 Å². The Hall–Kier alpha value is -2.06. The average Bonchev–Trinajstić information content (AvgIpc) is 2.89. The van der Waals surface area contributed by atoms with Crippen molar-refractivity contribution in [2.45, 2.75) is 31.7 Å². The van der Waals surface area contributed by atoms with Crippen LogP contribution in [0.25, 0.3) is 0 Å². The number of anilines is 1. The number of pyridine rings is 1. The number of aromatic nitrogens is 1. The Labute approximate surface area is 113 Å².